The number of nitrogens with zero attached hydrogens (tertiary/aromatic N) is 1. The van der Waals surface area contributed by atoms with E-state index in [1.54, 1.807) is 0 Å². The van der Waals surface area contributed by atoms with Gasteiger partial charge in [0.15, 0.2) is 11.6 Å². The zero-order valence-electron chi connectivity index (χ0n) is 9.70. The molecule has 1 aliphatic rings. The van der Waals surface area contributed by atoms with Crippen LogP contribution in [-0.4, -0.2) is 25.8 Å². The lowest BCUT2D eigenvalue weighted by Gasteiger charge is -2.26. The molecule has 0 aliphatic carbocycles. The SMILES string of the molecule is O=S(=O)(Nc1ccc(F)c(F)c1)N1CCCCC1. The molecular formula is C11H14F2N2O2S. The average Bonchev–Trinajstić information content (AvgIpc) is 2.35. The Hall–Kier alpha value is -1.21. The molecule has 1 aliphatic heterocycles. The van der Waals surface area contributed by atoms with Gasteiger partial charge in [0.05, 0.1) is 5.69 Å². The lowest BCUT2D eigenvalue weighted by molar-refractivity contribution is 0.349. The Bertz CT molecular complexity index is 528. The van der Waals surface area contributed by atoms with Gasteiger partial charge in [-0.3, -0.25) is 4.72 Å². The third kappa shape index (κ3) is 2.97. The predicted molar refractivity (Wildman–Crippen MR) is 64.3 cm³/mol. The van der Waals surface area contributed by atoms with E-state index in [0.29, 0.717) is 13.1 Å². The van der Waals surface area contributed by atoms with Gasteiger partial charge in [-0.2, -0.15) is 12.7 Å². The summed E-state index contributed by atoms with van der Waals surface area (Å²) in [5.74, 6) is -2.08. The summed E-state index contributed by atoms with van der Waals surface area (Å²) in [5, 5.41) is 0. The van der Waals surface area contributed by atoms with Crippen molar-refractivity contribution in [3.63, 3.8) is 0 Å². The number of nitrogens with one attached hydrogen (secondary N) is 1. The summed E-state index contributed by atoms with van der Waals surface area (Å²) in [6, 6.07) is 2.92. The van der Waals surface area contributed by atoms with Crippen LogP contribution in [0.2, 0.25) is 0 Å². The van der Waals surface area contributed by atoms with E-state index in [-0.39, 0.29) is 5.69 Å². The van der Waals surface area contributed by atoms with Crippen molar-refractivity contribution in [1.82, 2.24) is 4.31 Å². The van der Waals surface area contributed by atoms with Crippen LogP contribution in [0.3, 0.4) is 0 Å². The van der Waals surface area contributed by atoms with Crippen LogP contribution in [0.4, 0.5) is 14.5 Å². The Morgan fingerprint density at radius 2 is 1.72 bits per heavy atom. The Labute approximate surface area is 105 Å². The van der Waals surface area contributed by atoms with E-state index >= 15 is 0 Å². The third-order valence-electron chi connectivity index (χ3n) is 2.82. The number of hydrogen-bond acceptors (Lipinski definition) is 2. The molecule has 1 N–H and O–H groups in total. The number of hydrogen-bond donors (Lipinski definition) is 1. The number of halogens is 2. The maximum atomic E-state index is 13.0. The Morgan fingerprint density at radius 3 is 2.33 bits per heavy atom. The molecular weight excluding hydrogens is 262 g/mol. The van der Waals surface area contributed by atoms with Crippen LogP contribution in [0, 0.1) is 11.6 Å². The highest BCUT2D eigenvalue weighted by Gasteiger charge is 2.23. The van der Waals surface area contributed by atoms with Gasteiger partial charge in [0.2, 0.25) is 0 Å². The maximum Gasteiger partial charge on any atom is 0.301 e. The Morgan fingerprint density at radius 1 is 1.06 bits per heavy atom. The van der Waals surface area contributed by atoms with Crippen LogP contribution >= 0.6 is 0 Å². The zero-order valence-corrected chi connectivity index (χ0v) is 10.5. The number of rotatable bonds is 3. The van der Waals surface area contributed by atoms with Crippen LogP contribution < -0.4 is 4.72 Å². The van der Waals surface area contributed by atoms with Crippen molar-refractivity contribution in [2.75, 3.05) is 17.8 Å². The summed E-state index contributed by atoms with van der Waals surface area (Å²) >= 11 is 0. The molecule has 7 heteroatoms. The minimum absolute atomic E-state index is 0.0273. The molecule has 1 saturated heterocycles. The Kier molecular flexibility index (Phi) is 3.82. The monoisotopic (exact) mass is 276 g/mol. The van der Waals surface area contributed by atoms with E-state index in [1.165, 1.54) is 10.4 Å². The number of piperidine rings is 1. The highest BCUT2D eigenvalue weighted by atomic mass is 32.2. The van der Waals surface area contributed by atoms with Crippen molar-refractivity contribution in [3.8, 4) is 0 Å². The van der Waals surface area contributed by atoms with Crippen LogP contribution in [0.15, 0.2) is 18.2 Å². The first kappa shape index (κ1) is 13.2. The van der Waals surface area contributed by atoms with Gasteiger partial charge in [-0.15, -0.1) is 0 Å². The van der Waals surface area contributed by atoms with Gasteiger partial charge < -0.3 is 0 Å². The molecule has 18 heavy (non-hydrogen) atoms. The average molecular weight is 276 g/mol. The van der Waals surface area contributed by atoms with Crippen LogP contribution in [-0.2, 0) is 10.2 Å². The molecule has 2 rings (SSSR count). The molecule has 0 atom stereocenters. The second-order valence-electron chi connectivity index (χ2n) is 4.20. The van der Waals surface area contributed by atoms with Crippen LogP contribution in [0.25, 0.3) is 0 Å². The maximum absolute atomic E-state index is 13.0. The van der Waals surface area contributed by atoms with Gasteiger partial charge in [-0.05, 0) is 25.0 Å². The quantitative estimate of drug-likeness (QED) is 0.919. The lowest BCUT2D eigenvalue weighted by atomic mass is 10.2. The fourth-order valence-electron chi connectivity index (χ4n) is 1.88. The molecule has 1 aromatic rings. The highest BCUT2D eigenvalue weighted by molar-refractivity contribution is 7.90. The van der Waals surface area contributed by atoms with E-state index in [1.807, 2.05) is 0 Å². The van der Waals surface area contributed by atoms with Crippen molar-refractivity contribution in [3.05, 3.63) is 29.8 Å². The molecule has 0 spiro atoms. The van der Waals surface area contributed by atoms with E-state index < -0.39 is 21.8 Å². The van der Waals surface area contributed by atoms with Crippen LogP contribution in [0.5, 0.6) is 0 Å². The smallest absolute Gasteiger partial charge is 0.271 e. The van der Waals surface area contributed by atoms with Crippen molar-refractivity contribution >= 4 is 15.9 Å². The first-order valence-corrected chi connectivity index (χ1v) is 7.16. The molecule has 0 bridgehead atoms. The summed E-state index contributed by atoms with van der Waals surface area (Å²) < 4.78 is 53.2. The molecule has 4 nitrogen and oxygen atoms in total. The first-order chi connectivity index (χ1) is 8.49. The molecule has 0 radical (unpaired) electrons. The zero-order chi connectivity index (χ0) is 13.2. The van der Waals surface area contributed by atoms with E-state index in [9.17, 15) is 17.2 Å². The van der Waals surface area contributed by atoms with E-state index in [0.717, 1.165) is 31.4 Å². The molecule has 1 fully saturated rings. The van der Waals surface area contributed by atoms with E-state index in [4.69, 9.17) is 0 Å². The molecule has 1 aromatic carbocycles. The minimum atomic E-state index is -3.67. The van der Waals surface area contributed by atoms with E-state index in [2.05, 4.69) is 4.72 Å². The number of anilines is 1. The van der Waals surface area contributed by atoms with Gasteiger partial charge in [0.1, 0.15) is 0 Å². The van der Waals surface area contributed by atoms with Crippen molar-refractivity contribution in [1.29, 1.82) is 0 Å². The molecule has 0 aromatic heterocycles. The van der Waals surface area contributed by atoms with Crippen molar-refractivity contribution < 1.29 is 17.2 Å². The largest absolute Gasteiger partial charge is 0.301 e. The van der Waals surface area contributed by atoms with Gasteiger partial charge in [-0.1, -0.05) is 6.42 Å². The molecule has 0 amide bonds. The highest BCUT2D eigenvalue weighted by Crippen LogP contribution is 2.18. The summed E-state index contributed by atoms with van der Waals surface area (Å²) in [7, 11) is -3.67. The topological polar surface area (TPSA) is 49.4 Å². The summed E-state index contributed by atoms with van der Waals surface area (Å²) in [4.78, 5) is 0. The second-order valence-corrected chi connectivity index (χ2v) is 5.87. The lowest BCUT2D eigenvalue weighted by Crippen LogP contribution is -2.39. The van der Waals surface area contributed by atoms with Gasteiger partial charge in [0.25, 0.3) is 0 Å². The molecule has 0 saturated carbocycles. The molecule has 100 valence electrons. The van der Waals surface area contributed by atoms with Crippen molar-refractivity contribution in [2.45, 2.75) is 19.3 Å². The fraction of sp³-hybridized carbons (Fsp3) is 0.455. The summed E-state index contributed by atoms with van der Waals surface area (Å²) in [6.45, 7) is 0.915. The Balaban J connectivity index is 2.13. The second kappa shape index (κ2) is 5.19. The van der Waals surface area contributed by atoms with Crippen molar-refractivity contribution in [2.24, 2.45) is 0 Å². The standard InChI is InChI=1S/C11H14F2N2O2S/c12-10-5-4-9(8-11(10)13)14-18(16,17)15-6-2-1-3-7-15/h4-5,8,14H,1-3,6-7H2. The van der Waals surface area contributed by atoms with Crippen LogP contribution in [0.1, 0.15) is 19.3 Å². The fourth-order valence-corrected chi connectivity index (χ4v) is 3.17. The van der Waals surface area contributed by atoms with Gasteiger partial charge in [0, 0.05) is 19.2 Å². The van der Waals surface area contributed by atoms with Gasteiger partial charge >= 0.3 is 10.2 Å². The first-order valence-electron chi connectivity index (χ1n) is 5.72. The summed E-state index contributed by atoms with van der Waals surface area (Å²) in [6.07, 6.45) is 2.65. The normalized spacial score (nSPS) is 17.7. The predicted octanol–water partition coefficient (Wildman–Crippen LogP) is 2.11. The molecule has 0 unspecified atom stereocenters. The number of benzene rings is 1. The third-order valence-corrected chi connectivity index (χ3v) is 4.36. The molecule has 1 heterocycles. The summed E-state index contributed by atoms with van der Waals surface area (Å²) in [5.41, 5.74) is 0.0273. The van der Waals surface area contributed by atoms with Gasteiger partial charge in [-0.25, -0.2) is 8.78 Å². The minimum Gasteiger partial charge on any atom is -0.271 e.